The predicted octanol–water partition coefficient (Wildman–Crippen LogP) is 2.01. The largest absolute Gasteiger partial charge is 0.344 e. The van der Waals surface area contributed by atoms with Crippen molar-refractivity contribution in [3.63, 3.8) is 0 Å². The Morgan fingerprint density at radius 2 is 1.60 bits per heavy atom. The molecular formula is C7H18NSi2. The normalized spacial score (nSPS) is 13.2. The fraction of sp³-hybridized carbons (Fsp3) is 1.00. The fourth-order valence-electron chi connectivity index (χ4n) is 1.23. The van der Waals surface area contributed by atoms with Crippen molar-refractivity contribution in [2.45, 2.75) is 46.0 Å². The number of rotatable bonds is 2. The van der Waals surface area contributed by atoms with Crippen molar-refractivity contribution >= 4 is 18.6 Å². The van der Waals surface area contributed by atoms with Crippen LogP contribution in [0, 0.1) is 0 Å². The van der Waals surface area contributed by atoms with Gasteiger partial charge < -0.3 is 4.23 Å². The summed E-state index contributed by atoms with van der Waals surface area (Å²) in [5, 5.41) is 0. The van der Waals surface area contributed by atoms with E-state index in [2.05, 4.69) is 44.6 Å². The minimum Gasteiger partial charge on any atom is -0.344 e. The van der Waals surface area contributed by atoms with Gasteiger partial charge in [-0.15, -0.1) is 0 Å². The van der Waals surface area contributed by atoms with Crippen LogP contribution in [0.2, 0.25) is 19.6 Å². The molecule has 0 unspecified atom stereocenters. The number of hydrogen-bond acceptors (Lipinski definition) is 1. The van der Waals surface area contributed by atoms with Gasteiger partial charge in [0.15, 0.2) is 0 Å². The Hall–Kier alpha value is 0.394. The second-order valence-electron chi connectivity index (χ2n) is 3.68. The third kappa shape index (κ3) is 2.99. The Morgan fingerprint density at radius 1 is 1.20 bits per heavy atom. The highest BCUT2D eigenvalue weighted by Gasteiger charge is 2.22. The molecule has 0 aromatic heterocycles. The molecule has 0 bridgehead atoms. The molecule has 0 saturated heterocycles. The van der Waals surface area contributed by atoms with E-state index in [1.54, 1.807) is 0 Å². The molecule has 59 valence electrons. The molecule has 10 heavy (non-hydrogen) atoms. The average molecular weight is 172 g/mol. The van der Waals surface area contributed by atoms with E-state index in [1.165, 1.54) is 0 Å². The van der Waals surface area contributed by atoms with Gasteiger partial charge in [-0.3, -0.25) is 0 Å². The molecule has 3 heteroatoms. The minimum absolute atomic E-state index is 0.236. The van der Waals surface area contributed by atoms with E-state index >= 15 is 0 Å². The fourth-order valence-corrected chi connectivity index (χ4v) is 5.03. The molecule has 0 heterocycles. The summed E-state index contributed by atoms with van der Waals surface area (Å²) >= 11 is 0. The Kier molecular flexibility index (Phi) is 3.83. The summed E-state index contributed by atoms with van der Waals surface area (Å²) in [6, 6.07) is 0. The molecule has 0 amide bonds. The zero-order valence-corrected chi connectivity index (χ0v) is 9.95. The predicted molar refractivity (Wildman–Crippen MR) is 50.7 cm³/mol. The van der Waals surface area contributed by atoms with Crippen LogP contribution in [0.15, 0.2) is 0 Å². The van der Waals surface area contributed by atoms with Crippen molar-refractivity contribution in [1.82, 2.24) is 4.23 Å². The lowest BCUT2D eigenvalue weighted by Crippen LogP contribution is -2.49. The van der Waals surface area contributed by atoms with Crippen molar-refractivity contribution in [2.24, 2.45) is 0 Å². The van der Waals surface area contributed by atoms with Crippen LogP contribution >= 0.6 is 0 Å². The van der Waals surface area contributed by atoms with Gasteiger partial charge in [0, 0.05) is 0 Å². The van der Waals surface area contributed by atoms with Gasteiger partial charge in [-0.05, 0) is 26.3 Å². The topological polar surface area (TPSA) is 3.24 Å². The van der Waals surface area contributed by atoms with Crippen LogP contribution in [-0.2, 0) is 0 Å². The van der Waals surface area contributed by atoms with E-state index in [4.69, 9.17) is 0 Å². The zero-order valence-electron chi connectivity index (χ0n) is 7.95. The third-order valence-electron chi connectivity index (χ3n) is 1.34. The highest BCUT2D eigenvalue weighted by molar-refractivity contribution is 6.62. The first-order chi connectivity index (χ1) is 4.39. The van der Waals surface area contributed by atoms with Gasteiger partial charge in [0.25, 0.3) is 0 Å². The Bertz CT molecular complexity index is 96.3. The van der Waals surface area contributed by atoms with E-state index in [-0.39, 0.29) is 8.96 Å². The molecule has 3 radical (unpaired) electrons. The molecule has 0 aromatic carbocycles. The van der Waals surface area contributed by atoms with Gasteiger partial charge in [0.1, 0.15) is 18.6 Å². The van der Waals surface area contributed by atoms with Crippen LogP contribution in [0.4, 0.5) is 0 Å². The van der Waals surface area contributed by atoms with E-state index in [1.807, 2.05) is 0 Å². The molecule has 0 saturated carbocycles. The maximum Gasteiger partial charge on any atom is 0.131 e. The van der Waals surface area contributed by atoms with Gasteiger partial charge in [0.05, 0.1) is 0 Å². The van der Waals surface area contributed by atoms with Gasteiger partial charge >= 0.3 is 0 Å². The smallest absolute Gasteiger partial charge is 0.131 e. The minimum atomic E-state index is -0.236. The first-order valence-corrected chi connectivity index (χ1v) is 7.57. The molecule has 0 aromatic rings. The Labute approximate surface area is 69.4 Å². The molecule has 0 aliphatic rings. The van der Waals surface area contributed by atoms with E-state index in [9.17, 15) is 0 Å². The molecule has 0 N–H and O–H groups in total. The summed E-state index contributed by atoms with van der Waals surface area (Å²) in [7, 11) is 0.724. The maximum absolute atomic E-state index is 2.61. The van der Waals surface area contributed by atoms with Crippen molar-refractivity contribution in [2.75, 3.05) is 0 Å². The molecular weight excluding hydrogens is 154 g/mol. The van der Waals surface area contributed by atoms with Crippen molar-refractivity contribution in [1.29, 1.82) is 0 Å². The Morgan fingerprint density at radius 3 is 1.60 bits per heavy atom. The first-order valence-electron chi connectivity index (χ1n) is 3.67. The summed E-state index contributed by atoms with van der Waals surface area (Å²) in [5.41, 5.74) is 0.380. The second kappa shape index (κ2) is 3.69. The maximum atomic E-state index is 2.61. The molecule has 1 nitrogen and oxygen atoms in total. The number of hydrogen-bond donors (Lipinski definition) is 0. The van der Waals surface area contributed by atoms with E-state index in [0.717, 1.165) is 9.68 Å². The van der Waals surface area contributed by atoms with E-state index < -0.39 is 0 Å². The first kappa shape index (κ1) is 10.4. The van der Waals surface area contributed by atoms with Gasteiger partial charge in [-0.25, -0.2) is 0 Å². The molecule has 0 fully saturated rings. The molecule has 0 aliphatic carbocycles. The van der Waals surface area contributed by atoms with Crippen LogP contribution in [0.1, 0.15) is 20.8 Å². The van der Waals surface area contributed by atoms with Crippen molar-refractivity contribution in [3.8, 4) is 0 Å². The van der Waals surface area contributed by atoms with E-state index in [0.29, 0.717) is 5.54 Å². The summed E-state index contributed by atoms with van der Waals surface area (Å²) in [6.45, 7) is 13.9. The van der Waals surface area contributed by atoms with Crippen LogP contribution in [-0.4, -0.2) is 28.4 Å². The summed E-state index contributed by atoms with van der Waals surface area (Å²) in [4.78, 5) is 0. The second-order valence-corrected chi connectivity index (χ2v) is 7.36. The van der Waals surface area contributed by atoms with Crippen molar-refractivity contribution in [3.05, 3.63) is 0 Å². The summed E-state index contributed by atoms with van der Waals surface area (Å²) in [5.74, 6) is 0. The summed E-state index contributed by atoms with van der Waals surface area (Å²) < 4.78 is 2.61. The number of nitrogens with zero attached hydrogens (tertiary/aromatic N) is 1. The van der Waals surface area contributed by atoms with Gasteiger partial charge in [0.2, 0.25) is 0 Å². The highest BCUT2D eigenvalue weighted by atomic mass is 28.3. The standard InChI is InChI=1S/C7H18NSi2/c1-7(2,3)8(9-4)10(5)6/h1-6H3. The highest BCUT2D eigenvalue weighted by Crippen LogP contribution is 2.12. The monoisotopic (exact) mass is 172 g/mol. The molecule has 0 rings (SSSR count). The van der Waals surface area contributed by atoms with Gasteiger partial charge in [-0.1, -0.05) is 19.6 Å². The quantitative estimate of drug-likeness (QED) is 0.576. The lowest BCUT2D eigenvalue weighted by molar-refractivity contribution is 0.371. The van der Waals surface area contributed by atoms with Crippen molar-refractivity contribution < 1.29 is 0 Å². The van der Waals surface area contributed by atoms with Crippen LogP contribution < -0.4 is 0 Å². The van der Waals surface area contributed by atoms with Crippen LogP contribution in [0.3, 0.4) is 0 Å². The van der Waals surface area contributed by atoms with Crippen LogP contribution in [0.25, 0.3) is 0 Å². The lowest BCUT2D eigenvalue weighted by atomic mass is 10.1. The van der Waals surface area contributed by atoms with Crippen LogP contribution in [0.5, 0.6) is 0 Å². The molecule has 0 spiro atoms. The molecule has 0 atom stereocenters. The van der Waals surface area contributed by atoms with Gasteiger partial charge in [-0.2, -0.15) is 0 Å². The molecule has 0 aliphatic heterocycles. The zero-order chi connectivity index (χ0) is 8.36. The SMILES string of the molecule is C[Si]N([Si](C)C)C(C)(C)C. The Balaban J connectivity index is 4.07. The lowest BCUT2D eigenvalue weighted by Gasteiger charge is -2.37. The average Bonchev–Trinajstić information content (AvgIpc) is 1.60. The third-order valence-corrected chi connectivity index (χ3v) is 6.04. The summed E-state index contributed by atoms with van der Waals surface area (Å²) in [6.07, 6.45) is 0.